The highest BCUT2D eigenvalue weighted by Crippen LogP contribution is 2.16. The van der Waals surface area contributed by atoms with Crippen molar-refractivity contribution in [3.63, 3.8) is 0 Å². The monoisotopic (exact) mass is 136 g/mol. The third kappa shape index (κ3) is 1.29. The fraction of sp³-hybridized carbons (Fsp3) is 0.333. The summed E-state index contributed by atoms with van der Waals surface area (Å²) in [6.07, 6.45) is 1.03. The van der Waals surface area contributed by atoms with Gasteiger partial charge in [-0.15, -0.1) is 0 Å². The average Bonchev–Trinajstić information content (AvgIpc) is 2.04. The zero-order valence-electron chi connectivity index (χ0n) is 6.42. The number of benzene rings is 1. The quantitative estimate of drug-likeness (QED) is 0.606. The molecule has 1 rings (SSSR count). The second-order valence-electron chi connectivity index (χ2n) is 2.17. The molecule has 0 N–H and O–H groups in total. The van der Waals surface area contributed by atoms with Crippen LogP contribution in [-0.2, 0) is 6.42 Å². The molecule has 0 saturated carbocycles. The Hall–Kier alpha value is -0.980. The zero-order valence-corrected chi connectivity index (χ0v) is 6.42. The standard InChI is InChI=1S/C9H12O/c1-3-8-6-4-5-7-9(8)10-2/h4-7H,3H2,1-2H3. The molecule has 1 aromatic rings. The zero-order chi connectivity index (χ0) is 7.40. The Morgan fingerprint density at radius 3 is 2.50 bits per heavy atom. The third-order valence-electron chi connectivity index (χ3n) is 1.57. The average molecular weight is 136 g/mol. The Labute approximate surface area is 61.6 Å². The molecule has 0 aliphatic heterocycles. The maximum atomic E-state index is 5.14. The summed E-state index contributed by atoms with van der Waals surface area (Å²) >= 11 is 0. The molecule has 0 aliphatic rings. The van der Waals surface area contributed by atoms with Crippen LogP contribution in [0.5, 0.6) is 5.75 Å². The largest absolute Gasteiger partial charge is 0.496 e. The van der Waals surface area contributed by atoms with E-state index in [4.69, 9.17) is 4.74 Å². The summed E-state index contributed by atoms with van der Waals surface area (Å²) in [6, 6.07) is 8.08. The lowest BCUT2D eigenvalue weighted by molar-refractivity contribution is 0.410. The van der Waals surface area contributed by atoms with Gasteiger partial charge in [0.1, 0.15) is 5.75 Å². The Morgan fingerprint density at radius 2 is 2.00 bits per heavy atom. The maximum absolute atomic E-state index is 5.14. The molecular formula is C9H12O. The molecule has 0 fully saturated rings. The first-order valence-corrected chi connectivity index (χ1v) is 3.50. The molecule has 54 valence electrons. The molecule has 0 aliphatic carbocycles. The fourth-order valence-electron chi connectivity index (χ4n) is 0.995. The lowest BCUT2D eigenvalue weighted by Gasteiger charge is -2.03. The number of rotatable bonds is 2. The van der Waals surface area contributed by atoms with E-state index < -0.39 is 0 Å². The Bertz CT molecular complexity index is 183. The van der Waals surface area contributed by atoms with Gasteiger partial charge in [0.25, 0.3) is 0 Å². The Morgan fingerprint density at radius 1 is 1.30 bits per heavy atom. The van der Waals surface area contributed by atoms with Crippen molar-refractivity contribution in [2.24, 2.45) is 0 Å². The molecule has 0 aromatic heterocycles. The van der Waals surface area contributed by atoms with Crippen molar-refractivity contribution in [1.29, 1.82) is 0 Å². The SMILES string of the molecule is CCc1ccccc1OC. The van der Waals surface area contributed by atoms with Gasteiger partial charge in [-0.3, -0.25) is 0 Å². The molecule has 0 spiro atoms. The lowest BCUT2D eigenvalue weighted by atomic mass is 10.1. The Balaban J connectivity index is 2.96. The van der Waals surface area contributed by atoms with Gasteiger partial charge in [-0.05, 0) is 18.1 Å². The lowest BCUT2D eigenvalue weighted by Crippen LogP contribution is -1.88. The maximum Gasteiger partial charge on any atom is 0.122 e. The summed E-state index contributed by atoms with van der Waals surface area (Å²) in [5.41, 5.74) is 1.27. The predicted octanol–water partition coefficient (Wildman–Crippen LogP) is 2.26. The highest BCUT2D eigenvalue weighted by molar-refractivity contribution is 5.32. The van der Waals surface area contributed by atoms with Gasteiger partial charge in [0.05, 0.1) is 7.11 Å². The first kappa shape index (κ1) is 7.13. The molecule has 10 heavy (non-hydrogen) atoms. The van der Waals surface area contributed by atoms with Crippen LogP contribution in [0.3, 0.4) is 0 Å². The normalized spacial score (nSPS) is 9.40. The second kappa shape index (κ2) is 3.25. The first-order valence-electron chi connectivity index (χ1n) is 3.50. The van der Waals surface area contributed by atoms with Gasteiger partial charge in [-0.1, -0.05) is 25.1 Å². The highest BCUT2D eigenvalue weighted by Gasteiger charge is 1.95. The van der Waals surface area contributed by atoms with E-state index in [1.807, 2.05) is 18.2 Å². The van der Waals surface area contributed by atoms with Gasteiger partial charge in [0.15, 0.2) is 0 Å². The van der Waals surface area contributed by atoms with E-state index in [-0.39, 0.29) is 0 Å². The number of aryl methyl sites for hydroxylation is 1. The van der Waals surface area contributed by atoms with Crippen LogP contribution in [-0.4, -0.2) is 7.11 Å². The van der Waals surface area contributed by atoms with Crippen molar-refractivity contribution in [2.45, 2.75) is 13.3 Å². The van der Waals surface area contributed by atoms with Gasteiger partial charge in [0.2, 0.25) is 0 Å². The van der Waals surface area contributed by atoms with Gasteiger partial charge < -0.3 is 4.74 Å². The van der Waals surface area contributed by atoms with E-state index in [2.05, 4.69) is 13.0 Å². The summed E-state index contributed by atoms with van der Waals surface area (Å²) < 4.78 is 5.14. The number of ether oxygens (including phenoxy) is 1. The van der Waals surface area contributed by atoms with Crippen molar-refractivity contribution in [3.05, 3.63) is 29.8 Å². The van der Waals surface area contributed by atoms with Gasteiger partial charge in [-0.25, -0.2) is 0 Å². The van der Waals surface area contributed by atoms with Crippen LogP contribution < -0.4 is 4.74 Å². The van der Waals surface area contributed by atoms with E-state index >= 15 is 0 Å². The molecule has 0 heterocycles. The van der Waals surface area contributed by atoms with E-state index in [1.165, 1.54) is 5.56 Å². The minimum atomic E-state index is 0.991. The summed E-state index contributed by atoms with van der Waals surface area (Å²) in [6.45, 7) is 2.12. The molecule has 0 bridgehead atoms. The topological polar surface area (TPSA) is 9.23 Å². The van der Waals surface area contributed by atoms with Crippen LogP contribution in [0, 0.1) is 0 Å². The summed E-state index contributed by atoms with van der Waals surface area (Å²) in [4.78, 5) is 0. The molecule has 0 radical (unpaired) electrons. The molecule has 0 unspecified atom stereocenters. The van der Waals surface area contributed by atoms with Crippen molar-refractivity contribution in [1.82, 2.24) is 0 Å². The molecule has 1 heteroatoms. The van der Waals surface area contributed by atoms with Crippen molar-refractivity contribution < 1.29 is 4.74 Å². The highest BCUT2D eigenvalue weighted by atomic mass is 16.5. The van der Waals surface area contributed by atoms with Gasteiger partial charge in [0, 0.05) is 0 Å². The predicted molar refractivity (Wildman–Crippen MR) is 42.4 cm³/mol. The summed E-state index contributed by atoms with van der Waals surface area (Å²) in [5, 5.41) is 0. The molecular weight excluding hydrogens is 124 g/mol. The van der Waals surface area contributed by atoms with E-state index in [1.54, 1.807) is 7.11 Å². The fourth-order valence-corrected chi connectivity index (χ4v) is 0.995. The minimum absolute atomic E-state index is 0.991. The summed E-state index contributed by atoms with van der Waals surface area (Å²) in [7, 11) is 1.70. The number of hydrogen-bond donors (Lipinski definition) is 0. The number of hydrogen-bond acceptors (Lipinski definition) is 1. The third-order valence-corrected chi connectivity index (χ3v) is 1.57. The number of methoxy groups -OCH3 is 1. The molecule has 0 atom stereocenters. The van der Waals surface area contributed by atoms with Gasteiger partial charge in [-0.2, -0.15) is 0 Å². The smallest absolute Gasteiger partial charge is 0.122 e. The van der Waals surface area contributed by atoms with Crippen LogP contribution in [0.15, 0.2) is 24.3 Å². The second-order valence-corrected chi connectivity index (χ2v) is 2.17. The van der Waals surface area contributed by atoms with Crippen LogP contribution in [0.1, 0.15) is 12.5 Å². The van der Waals surface area contributed by atoms with E-state index in [9.17, 15) is 0 Å². The Kier molecular flexibility index (Phi) is 2.32. The first-order chi connectivity index (χ1) is 4.88. The number of para-hydroxylation sites is 1. The molecule has 1 aromatic carbocycles. The van der Waals surface area contributed by atoms with Crippen LogP contribution in [0.4, 0.5) is 0 Å². The molecule has 0 amide bonds. The van der Waals surface area contributed by atoms with Crippen LogP contribution in [0.25, 0.3) is 0 Å². The van der Waals surface area contributed by atoms with E-state index in [0.717, 1.165) is 12.2 Å². The van der Waals surface area contributed by atoms with Crippen molar-refractivity contribution in [3.8, 4) is 5.75 Å². The van der Waals surface area contributed by atoms with Crippen LogP contribution in [0.2, 0.25) is 0 Å². The van der Waals surface area contributed by atoms with Crippen LogP contribution >= 0.6 is 0 Å². The van der Waals surface area contributed by atoms with Crippen molar-refractivity contribution in [2.75, 3.05) is 7.11 Å². The summed E-state index contributed by atoms with van der Waals surface area (Å²) in [5.74, 6) is 0.991. The molecule has 0 saturated heterocycles. The van der Waals surface area contributed by atoms with Crippen molar-refractivity contribution >= 4 is 0 Å². The minimum Gasteiger partial charge on any atom is -0.496 e. The molecule has 1 nitrogen and oxygen atoms in total. The van der Waals surface area contributed by atoms with E-state index in [0.29, 0.717) is 0 Å². The van der Waals surface area contributed by atoms with Gasteiger partial charge >= 0.3 is 0 Å².